The zero-order valence-corrected chi connectivity index (χ0v) is 16.5. The molecule has 0 saturated carbocycles. The molecular formula is C21H22F2N2O4. The summed E-state index contributed by atoms with van der Waals surface area (Å²) in [5, 5.41) is 2.72. The fourth-order valence-electron chi connectivity index (χ4n) is 3.61. The number of hydrogen-bond donors (Lipinski definition) is 1. The van der Waals surface area contributed by atoms with Gasteiger partial charge in [0.25, 0.3) is 5.91 Å². The van der Waals surface area contributed by atoms with Gasteiger partial charge >= 0.3 is 0 Å². The normalized spacial score (nSPS) is 23.7. The highest BCUT2D eigenvalue weighted by Gasteiger charge is 2.46. The van der Waals surface area contributed by atoms with E-state index in [1.165, 1.54) is 32.4 Å². The highest BCUT2D eigenvalue weighted by atomic mass is 19.2. The van der Waals surface area contributed by atoms with Crippen molar-refractivity contribution >= 4 is 17.4 Å². The van der Waals surface area contributed by atoms with Crippen molar-refractivity contribution in [2.45, 2.75) is 38.9 Å². The largest absolute Gasteiger partial charge is 0.493 e. The molecule has 1 saturated heterocycles. The quantitative estimate of drug-likeness (QED) is 0.769. The van der Waals surface area contributed by atoms with Crippen LogP contribution in [0.2, 0.25) is 0 Å². The van der Waals surface area contributed by atoms with E-state index in [4.69, 9.17) is 9.47 Å². The Labute approximate surface area is 167 Å². The lowest BCUT2D eigenvalue weighted by Crippen LogP contribution is -2.33. The van der Waals surface area contributed by atoms with Crippen LogP contribution in [0.5, 0.6) is 5.75 Å². The molecule has 0 aliphatic carbocycles. The van der Waals surface area contributed by atoms with Crippen LogP contribution in [0.25, 0.3) is 0 Å². The number of methoxy groups -OCH3 is 1. The fourth-order valence-corrected chi connectivity index (χ4v) is 3.61. The SMILES string of the molecule is COc1c([C@@H]2[C@H](C)[C@@H](C)O[C@H]2C(=O)Nc2ccnc(C(C)=O)c2)ccc(F)c1F. The number of pyridine rings is 1. The third kappa shape index (κ3) is 3.98. The van der Waals surface area contributed by atoms with Crippen molar-refractivity contribution in [2.24, 2.45) is 5.92 Å². The predicted molar refractivity (Wildman–Crippen MR) is 102 cm³/mol. The molecule has 1 aromatic heterocycles. The minimum Gasteiger partial charge on any atom is -0.493 e. The second-order valence-corrected chi connectivity index (χ2v) is 7.11. The number of ketones is 1. The Morgan fingerprint density at radius 2 is 1.93 bits per heavy atom. The van der Waals surface area contributed by atoms with Crippen molar-refractivity contribution in [3.8, 4) is 5.75 Å². The molecule has 154 valence electrons. The first-order valence-electron chi connectivity index (χ1n) is 9.19. The molecule has 1 fully saturated rings. The third-order valence-corrected chi connectivity index (χ3v) is 5.28. The van der Waals surface area contributed by atoms with Gasteiger partial charge in [-0.2, -0.15) is 4.39 Å². The number of benzene rings is 1. The lowest BCUT2D eigenvalue weighted by molar-refractivity contribution is -0.127. The van der Waals surface area contributed by atoms with Gasteiger partial charge < -0.3 is 14.8 Å². The van der Waals surface area contributed by atoms with E-state index in [0.717, 1.165) is 6.07 Å². The van der Waals surface area contributed by atoms with Crippen molar-refractivity contribution in [1.29, 1.82) is 0 Å². The van der Waals surface area contributed by atoms with E-state index in [0.29, 0.717) is 11.3 Å². The number of rotatable bonds is 5. The van der Waals surface area contributed by atoms with Gasteiger partial charge in [-0.25, -0.2) is 4.39 Å². The number of nitrogens with zero attached hydrogens (tertiary/aromatic N) is 1. The first kappa shape index (κ1) is 20.9. The summed E-state index contributed by atoms with van der Waals surface area (Å²) >= 11 is 0. The Morgan fingerprint density at radius 1 is 1.21 bits per heavy atom. The van der Waals surface area contributed by atoms with Crippen LogP contribution in [-0.4, -0.2) is 36.0 Å². The summed E-state index contributed by atoms with van der Waals surface area (Å²) in [6.07, 6.45) is 0.176. The summed E-state index contributed by atoms with van der Waals surface area (Å²) in [6, 6.07) is 5.45. The number of amides is 1. The average Bonchev–Trinajstić information content (AvgIpc) is 2.99. The third-order valence-electron chi connectivity index (χ3n) is 5.28. The van der Waals surface area contributed by atoms with Crippen LogP contribution in [0.15, 0.2) is 30.5 Å². The van der Waals surface area contributed by atoms with E-state index in [1.807, 2.05) is 13.8 Å². The molecule has 0 bridgehead atoms. The van der Waals surface area contributed by atoms with Gasteiger partial charge in [0.1, 0.15) is 11.8 Å². The zero-order valence-electron chi connectivity index (χ0n) is 16.5. The Hall–Kier alpha value is -2.87. The molecule has 0 unspecified atom stereocenters. The molecule has 6 nitrogen and oxygen atoms in total. The lowest BCUT2D eigenvalue weighted by Gasteiger charge is -2.23. The van der Waals surface area contributed by atoms with Crippen molar-refractivity contribution in [3.63, 3.8) is 0 Å². The van der Waals surface area contributed by atoms with E-state index < -0.39 is 29.6 Å². The topological polar surface area (TPSA) is 77.5 Å². The van der Waals surface area contributed by atoms with E-state index in [-0.39, 0.29) is 29.2 Å². The Morgan fingerprint density at radius 3 is 2.59 bits per heavy atom. The smallest absolute Gasteiger partial charge is 0.254 e. The van der Waals surface area contributed by atoms with Crippen LogP contribution >= 0.6 is 0 Å². The number of aromatic nitrogens is 1. The summed E-state index contributed by atoms with van der Waals surface area (Å²) in [4.78, 5) is 28.4. The Kier molecular flexibility index (Phi) is 5.93. The van der Waals surface area contributed by atoms with Gasteiger partial charge in [-0.05, 0) is 31.0 Å². The van der Waals surface area contributed by atoms with Crippen LogP contribution in [-0.2, 0) is 9.53 Å². The Bertz CT molecular complexity index is 950. The van der Waals surface area contributed by atoms with Crippen molar-refractivity contribution < 1.29 is 27.8 Å². The van der Waals surface area contributed by atoms with Gasteiger partial charge in [-0.1, -0.05) is 13.0 Å². The number of halogens is 2. The molecule has 29 heavy (non-hydrogen) atoms. The molecule has 8 heteroatoms. The molecule has 4 atom stereocenters. The highest BCUT2D eigenvalue weighted by Crippen LogP contribution is 2.44. The Balaban J connectivity index is 1.94. The first-order valence-corrected chi connectivity index (χ1v) is 9.19. The van der Waals surface area contributed by atoms with Gasteiger partial charge in [-0.3, -0.25) is 14.6 Å². The number of nitrogens with one attached hydrogen (secondary N) is 1. The lowest BCUT2D eigenvalue weighted by atomic mass is 9.82. The maximum atomic E-state index is 14.3. The first-order chi connectivity index (χ1) is 13.7. The zero-order chi connectivity index (χ0) is 21.3. The summed E-state index contributed by atoms with van der Waals surface area (Å²) < 4.78 is 38.9. The summed E-state index contributed by atoms with van der Waals surface area (Å²) in [6.45, 7) is 5.07. The second-order valence-electron chi connectivity index (χ2n) is 7.11. The molecule has 1 aliphatic rings. The summed E-state index contributed by atoms with van der Waals surface area (Å²) in [5.74, 6) is -3.77. The molecule has 2 aromatic rings. The number of carbonyl (C=O) groups is 2. The maximum Gasteiger partial charge on any atom is 0.254 e. The van der Waals surface area contributed by atoms with Crippen molar-refractivity contribution in [3.05, 3.63) is 53.4 Å². The van der Waals surface area contributed by atoms with Gasteiger partial charge in [0.15, 0.2) is 17.3 Å². The minimum absolute atomic E-state index is 0.158. The van der Waals surface area contributed by atoms with E-state index >= 15 is 0 Å². The van der Waals surface area contributed by atoms with E-state index in [2.05, 4.69) is 10.3 Å². The van der Waals surface area contributed by atoms with Crippen LogP contribution in [0.4, 0.5) is 14.5 Å². The van der Waals surface area contributed by atoms with Crippen LogP contribution in [0.1, 0.15) is 42.7 Å². The van der Waals surface area contributed by atoms with Gasteiger partial charge in [0, 0.05) is 30.3 Å². The minimum atomic E-state index is -1.10. The predicted octanol–water partition coefficient (Wildman–Crippen LogP) is 3.72. The fraction of sp³-hybridized carbons (Fsp3) is 0.381. The summed E-state index contributed by atoms with van der Waals surface area (Å²) in [5.41, 5.74) is 0.972. The summed E-state index contributed by atoms with van der Waals surface area (Å²) in [7, 11) is 1.25. The monoisotopic (exact) mass is 404 g/mol. The number of Topliss-reactive ketones (excluding diaryl/α,β-unsaturated/α-hetero) is 1. The molecule has 1 N–H and O–H groups in total. The van der Waals surface area contributed by atoms with Gasteiger partial charge in [-0.15, -0.1) is 0 Å². The average molecular weight is 404 g/mol. The number of anilines is 1. The van der Waals surface area contributed by atoms with E-state index in [1.54, 1.807) is 6.07 Å². The molecular weight excluding hydrogens is 382 g/mol. The molecule has 1 amide bonds. The number of ether oxygens (including phenoxy) is 2. The van der Waals surface area contributed by atoms with Crippen molar-refractivity contribution in [1.82, 2.24) is 4.98 Å². The van der Waals surface area contributed by atoms with Crippen LogP contribution in [0, 0.1) is 17.6 Å². The second kappa shape index (κ2) is 8.24. The molecule has 0 radical (unpaired) electrons. The molecule has 1 aliphatic heterocycles. The highest BCUT2D eigenvalue weighted by molar-refractivity contribution is 5.97. The molecule has 1 aromatic carbocycles. The number of hydrogen-bond acceptors (Lipinski definition) is 5. The van der Waals surface area contributed by atoms with Crippen molar-refractivity contribution in [2.75, 3.05) is 12.4 Å². The molecule has 0 spiro atoms. The number of carbonyl (C=O) groups excluding carboxylic acids is 2. The molecule has 3 rings (SSSR count). The molecule has 2 heterocycles. The standard InChI is InChI=1S/C21H22F2N2O4/c1-10-12(3)29-20(17(10)14-5-6-15(22)18(23)19(14)28-4)21(27)25-13-7-8-24-16(9-13)11(2)26/h5-10,12,17,20H,1-4H3,(H,24,25,27)/t10-,12-,17+,20-/m1/s1. The van der Waals surface area contributed by atoms with Gasteiger partial charge in [0.2, 0.25) is 5.82 Å². The van der Waals surface area contributed by atoms with Crippen LogP contribution in [0.3, 0.4) is 0 Å². The van der Waals surface area contributed by atoms with Crippen LogP contribution < -0.4 is 10.1 Å². The maximum absolute atomic E-state index is 14.3. The van der Waals surface area contributed by atoms with Gasteiger partial charge in [0.05, 0.1) is 13.2 Å². The van der Waals surface area contributed by atoms with E-state index in [9.17, 15) is 18.4 Å².